The van der Waals surface area contributed by atoms with Crippen molar-refractivity contribution in [3.63, 3.8) is 0 Å². The van der Waals surface area contributed by atoms with E-state index in [1.807, 2.05) is 0 Å². The fourth-order valence-electron chi connectivity index (χ4n) is 3.20. The van der Waals surface area contributed by atoms with Gasteiger partial charge in [-0.3, -0.25) is 4.68 Å². The molecule has 0 fully saturated rings. The third-order valence-electron chi connectivity index (χ3n) is 4.81. The summed E-state index contributed by atoms with van der Waals surface area (Å²) < 4.78 is 92.0. The minimum Gasteiger partial charge on any atom is -0.259 e. The van der Waals surface area contributed by atoms with Crippen LogP contribution in [0, 0.1) is 11.6 Å². The molecule has 4 aromatic rings. The standard InChI is InChI=1S/C22H15F5N2O2S2/c1-33(30,31)16-4-2-3-13(9-16)19-7-8-20(32-19)18-11-21(22(25,26)27)28-29(18)12-14-5-6-15(23)10-17(14)24/h2-11H,12H2,1H3. The molecule has 2 aromatic carbocycles. The second-order valence-corrected chi connectivity index (χ2v) is 10.4. The topological polar surface area (TPSA) is 52.0 Å². The molecule has 2 heterocycles. The summed E-state index contributed by atoms with van der Waals surface area (Å²) in [5.74, 6) is -1.69. The summed E-state index contributed by atoms with van der Waals surface area (Å²) >= 11 is 1.14. The van der Waals surface area contributed by atoms with Crippen molar-refractivity contribution < 1.29 is 30.4 Å². The van der Waals surface area contributed by atoms with Gasteiger partial charge in [0.15, 0.2) is 15.5 Å². The van der Waals surface area contributed by atoms with Gasteiger partial charge < -0.3 is 0 Å². The molecule has 0 radical (unpaired) electrons. The Morgan fingerprint density at radius 3 is 2.36 bits per heavy atom. The van der Waals surface area contributed by atoms with Crippen LogP contribution in [0.3, 0.4) is 0 Å². The summed E-state index contributed by atoms with van der Waals surface area (Å²) in [6, 6.07) is 13.1. The van der Waals surface area contributed by atoms with E-state index in [1.54, 1.807) is 24.3 Å². The number of hydrogen-bond donors (Lipinski definition) is 0. The molecule has 0 bridgehead atoms. The monoisotopic (exact) mass is 498 g/mol. The van der Waals surface area contributed by atoms with Crippen molar-refractivity contribution in [1.82, 2.24) is 9.78 Å². The first kappa shape index (κ1) is 23.1. The predicted octanol–water partition coefficient (Wildman–Crippen LogP) is 6.03. The van der Waals surface area contributed by atoms with E-state index in [0.29, 0.717) is 21.4 Å². The van der Waals surface area contributed by atoms with Crippen LogP contribution in [0.2, 0.25) is 0 Å². The number of alkyl halides is 3. The van der Waals surface area contributed by atoms with Crippen LogP contribution in [0.5, 0.6) is 0 Å². The van der Waals surface area contributed by atoms with Crippen molar-refractivity contribution in [2.75, 3.05) is 6.26 Å². The van der Waals surface area contributed by atoms with Crippen LogP contribution in [-0.2, 0) is 22.6 Å². The third-order valence-corrected chi connectivity index (χ3v) is 7.08. The van der Waals surface area contributed by atoms with E-state index in [9.17, 15) is 30.4 Å². The van der Waals surface area contributed by atoms with E-state index in [1.165, 1.54) is 12.1 Å². The number of aromatic nitrogens is 2. The van der Waals surface area contributed by atoms with Crippen molar-refractivity contribution in [2.24, 2.45) is 0 Å². The summed E-state index contributed by atoms with van der Waals surface area (Å²) in [5.41, 5.74) is -0.483. The number of nitrogens with zero attached hydrogens (tertiary/aromatic N) is 2. The number of thiophene rings is 1. The van der Waals surface area contributed by atoms with Crippen LogP contribution in [-0.4, -0.2) is 24.5 Å². The zero-order valence-corrected chi connectivity index (χ0v) is 18.5. The highest BCUT2D eigenvalue weighted by Crippen LogP contribution is 2.38. The van der Waals surface area contributed by atoms with E-state index >= 15 is 0 Å². The van der Waals surface area contributed by atoms with Crippen LogP contribution in [0.1, 0.15) is 11.3 Å². The number of sulfone groups is 1. The molecule has 0 atom stereocenters. The molecule has 0 saturated heterocycles. The minimum atomic E-state index is -4.72. The molecule has 0 spiro atoms. The Balaban J connectivity index is 1.76. The van der Waals surface area contributed by atoms with Crippen molar-refractivity contribution >= 4 is 21.2 Å². The second-order valence-electron chi connectivity index (χ2n) is 7.27. The average molecular weight is 498 g/mol. The Kier molecular flexibility index (Phi) is 5.87. The van der Waals surface area contributed by atoms with E-state index in [2.05, 4.69) is 5.10 Å². The smallest absolute Gasteiger partial charge is 0.259 e. The van der Waals surface area contributed by atoms with Crippen LogP contribution >= 0.6 is 11.3 Å². The molecule has 11 heteroatoms. The van der Waals surface area contributed by atoms with Gasteiger partial charge >= 0.3 is 6.18 Å². The van der Waals surface area contributed by atoms with Crippen molar-refractivity contribution in [1.29, 1.82) is 0 Å². The van der Waals surface area contributed by atoms with Crippen LogP contribution in [0.4, 0.5) is 22.0 Å². The van der Waals surface area contributed by atoms with E-state index in [4.69, 9.17) is 0 Å². The molecule has 0 N–H and O–H groups in total. The highest BCUT2D eigenvalue weighted by Gasteiger charge is 2.35. The third kappa shape index (κ3) is 4.98. The molecule has 2 aromatic heterocycles. The lowest BCUT2D eigenvalue weighted by atomic mass is 10.2. The first-order chi connectivity index (χ1) is 15.4. The number of rotatable bonds is 5. The maximum Gasteiger partial charge on any atom is 0.435 e. The van der Waals surface area contributed by atoms with E-state index < -0.39 is 33.3 Å². The molecule has 172 valence electrons. The maximum atomic E-state index is 14.1. The lowest BCUT2D eigenvalue weighted by Gasteiger charge is -2.08. The molecule has 0 saturated carbocycles. The number of halogens is 5. The highest BCUT2D eigenvalue weighted by atomic mass is 32.2. The minimum absolute atomic E-state index is 0.0212. The first-order valence-electron chi connectivity index (χ1n) is 9.41. The van der Waals surface area contributed by atoms with Gasteiger partial charge in [0.25, 0.3) is 0 Å². The number of hydrogen-bond acceptors (Lipinski definition) is 4. The van der Waals surface area contributed by atoms with Gasteiger partial charge in [-0.05, 0) is 42.0 Å². The van der Waals surface area contributed by atoms with Crippen molar-refractivity contribution in [3.8, 4) is 21.0 Å². The summed E-state index contributed by atoms with van der Waals surface area (Å²) in [7, 11) is -3.44. The summed E-state index contributed by atoms with van der Waals surface area (Å²) in [5, 5.41) is 3.60. The summed E-state index contributed by atoms with van der Waals surface area (Å²) in [6.07, 6.45) is -3.64. The average Bonchev–Trinajstić information content (AvgIpc) is 3.36. The van der Waals surface area contributed by atoms with Crippen molar-refractivity contribution in [3.05, 3.63) is 83.6 Å². The maximum absolute atomic E-state index is 14.1. The van der Waals surface area contributed by atoms with Gasteiger partial charge in [-0.15, -0.1) is 11.3 Å². The van der Waals surface area contributed by atoms with Crippen LogP contribution in [0.25, 0.3) is 21.0 Å². The molecular weight excluding hydrogens is 483 g/mol. The fraction of sp³-hybridized carbons (Fsp3) is 0.136. The lowest BCUT2D eigenvalue weighted by Crippen LogP contribution is -2.09. The van der Waals surface area contributed by atoms with Crippen LogP contribution in [0.15, 0.2) is 65.6 Å². The zero-order valence-electron chi connectivity index (χ0n) is 16.9. The molecule has 0 aliphatic rings. The normalized spacial score (nSPS) is 12.3. The van der Waals surface area contributed by atoms with Gasteiger partial charge in [0.1, 0.15) is 11.6 Å². The molecule has 4 nitrogen and oxygen atoms in total. The summed E-state index contributed by atoms with van der Waals surface area (Å²) in [6.45, 7) is -0.339. The number of benzene rings is 2. The van der Waals surface area contributed by atoms with Gasteiger partial charge in [0.2, 0.25) is 0 Å². The molecule has 0 unspecified atom stereocenters. The lowest BCUT2D eigenvalue weighted by molar-refractivity contribution is -0.141. The van der Waals surface area contributed by atoms with Gasteiger partial charge in [0.05, 0.1) is 22.0 Å². The Morgan fingerprint density at radius 1 is 0.970 bits per heavy atom. The quantitative estimate of drug-likeness (QED) is 0.316. The Bertz CT molecular complexity index is 1440. The fourth-order valence-corrected chi connectivity index (χ4v) is 4.89. The zero-order chi connectivity index (χ0) is 24.0. The van der Waals surface area contributed by atoms with Gasteiger partial charge in [0, 0.05) is 22.8 Å². The van der Waals surface area contributed by atoms with Gasteiger partial charge in [-0.1, -0.05) is 18.2 Å². The first-order valence-corrected chi connectivity index (χ1v) is 12.1. The molecule has 4 rings (SSSR count). The Morgan fingerprint density at radius 2 is 1.70 bits per heavy atom. The largest absolute Gasteiger partial charge is 0.435 e. The Hall–Kier alpha value is -3.05. The Labute approximate surface area is 189 Å². The molecule has 0 aliphatic heterocycles. The van der Waals surface area contributed by atoms with Crippen molar-refractivity contribution in [2.45, 2.75) is 17.6 Å². The predicted molar refractivity (Wildman–Crippen MR) is 115 cm³/mol. The van der Waals surface area contributed by atoms with E-state index in [-0.39, 0.29) is 22.7 Å². The molecule has 0 aliphatic carbocycles. The summed E-state index contributed by atoms with van der Waals surface area (Å²) in [4.78, 5) is 1.16. The molecule has 0 amide bonds. The van der Waals surface area contributed by atoms with Gasteiger partial charge in [-0.25, -0.2) is 17.2 Å². The second kappa shape index (κ2) is 8.38. The molecular formula is C22H15F5N2O2S2. The SMILES string of the molecule is CS(=O)(=O)c1cccc(-c2ccc(-c3cc(C(F)(F)F)nn3Cc3ccc(F)cc3F)s2)c1. The van der Waals surface area contributed by atoms with Crippen LogP contribution < -0.4 is 0 Å². The highest BCUT2D eigenvalue weighted by molar-refractivity contribution is 7.90. The van der Waals surface area contributed by atoms with E-state index in [0.717, 1.165) is 40.5 Å². The van der Waals surface area contributed by atoms with Gasteiger partial charge in [-0.2, -0.15) is 18.3 Å². The molecule has 33 heavy (non-hydrogen) atoms.